The molecule has 0 unspecified atom stereocenters. The Bertz CT molecular complexity index is 1460. The topological polar surface area (TPSA) is 96.8 Å². The van der Waals surface area contributed by atoms with Crippen LogP contribution in [0.25, 0.3) is 17.0 Å². The highest BCUT2D eigenvalue weighted by Gasteiger charge is 2.24. The van der Waals surface area contributed by atoms with Crippen molar-refractivity contribution in [3.8, 4) is 0 Å². The zero-order chi connectivity index (χ0) is 23.7. The molecule has 170 valence electrons. The summed E-state index contributed by atoms with van der Waals surface area (Å²) in [6.07, 6.45) is 4.75. The van der Waals surface area contributed by atoms with Crippen molar-refractivity contribution in [2.75, 3.05) is 0 Å². The molecule has 1 saturated heterocycles. The highest BCUT2D eigenvalue weighted by Crippen LogP contribution is 2.31. The average molecular weight is 472 g/mol. The number of fused-ring (bicyclic) bond motifs is 1. The van der Waals surface area contributed by atoms with Gasteiger partial charge in [-0.15, -0.1) is 0 Å². The summed E-state index contributed by atoms with van der Waals surface area (Å²) in [5.74, 6) is -0.849. The molecule has 0 saturated carbocycles. The van der Waals surface area contributed by atoms with Crippen molar-refractivity contribution in [1.82, 2.24) is 9.88 Å². The molecule has 0 atom stereocenters. The smallest absolute Gasteiger partial charge is 0.371 e. The first-order chi connectivity index (χ1) is 16.5. The lowest BCUT2D eigenvalue weighted by atomic mass is 10.1. The van der Waals surface area contributed by atoms with E-state index in [0.717, 1.165) is 28.6 Å². The molecule has 2 aromatic carbocycles. The highest BCUT2D eigenvalue weighted by atomic mass is 32.2. The predicted molar refractivity (Wildman–Crippen MR) is 133 cm³/mol. The van der Waals surface area contributed by atoms with Crippen LogP contribution >= 0.6 is 11.8 Å². The quantitative estimate of drug-likeness (QED) is 0.365. The van der Waals surface area contributed by atoms with E-state index >= 15 is 0 Å². The summed E-state index contributed by atoms with van der Waals surface area (Å²) in [6, 6.07) is 18.9. The maximum absolute atomic E-state index is 12.6. The van der Waals surface area contributed by atoms with Gasteiger partial charge in [-0.3, -0.25) is 4.79 Å². The standard InChI is InChI=1S/C26H21N3O4S/c1-2-16-7-9-18(10-8-16)27-26-28-24(30)23(34-26)13-17-14-29(21-6-4-3-5-20(17)21)15-19-11-12-22(33-19)25(31)32/h3-14H,2,15H2,1H3,(H,31,32)(H,27,28,30)/b23-13-. The number of hydrogen-bond donors (Lipinski definition) is 2. The number of amides is 1. The second-order valence-electron chi connectivity index (χ2n) is 7.80. The van der Waals surface area contributed by atoms with Crippen molar-refractivity contribution in [3.63, 3.8) is 0 Å². The SMILES string of the molecule is CCc1ccc(N=C2NC(=O)/C(=C/c3cn(Cc4ccc(C(=O)O)o4)c4ccccc34)S2)cc1. The third kappa shape index (κ3) is 4.40. The van der Waals surface area contributed by atoms with E-state index in [2.05, 4.69) is 17.2 Å². The summed E-state index contributed by atoms with van der Waals surface area (Å²) < 4.78 is 7.40. The molecule has 4 aromatic rings. The first kappa shape index (κ1) is 21.8. The molecule has 2 aromatic heterocycles. The Morgan fingerprint density at radius 3 is 2.68 bits per heavy atom. The fourth-order valence-corrected chi connectivity index (χ4v) is 4.64. The van der Waals surface area contributed by atoms with Crippen molar-refractivity contribution in [2.45, 2.75) is 19.9 Å². The molecule has 0 aliphatic carbocycles. The van der Waals surface area contributed by atoms with Crippen molar-refractivity contribution < 1.29 is 19.1 Å². The first-order valence-corrected chi connectivity index (χ1v) is 11.6. The Kier molecular flexibility index (Phi) is 5.81. The van der Waals surface area contributed by atoms with Gasteiger partial charge in [0.25, 0.3) is 5.91 Å². The number of carboxylic acid groups (broad SMARTS) is 1. The van der Waals surface area contributed by atoms with E-state index in [4.69, 9.17) is 9.52 Å². The van der Waals surface area contributed by atoms with Crippen molar-refractivity contribution in [3.05, 3.63) is 94.4 Å². The van der Waals surface area contributed by atoms with E-state index in [1.54, 1.807) is 6.07 Å². The number of para-hydroxylation sites is 1. The number of amidine groups is 1. The fraction of sp³-hybridized carbons (Fsp3) is 0.115. The van der Waals surface area contributed by atoms with E-state index in [1.807, 2.05) is 65.4 Å². The lowest BCUT2D eigenvalue weighted by Crippen LogP contribution is -2.19. The van der Waals surface area contributed by atoms with Gasteiger partial charge in [-0.25, -0.2) is 9.79 Å². The lowest BCUT2D eigenvalue weighted by molar-refractivity contribution is -0.115. The molecule has 3 heterocycles. The van der Waals surface area contributed by atoms with E-state index < -0.39 is 5.97 Å². The number of benzene rings is 2. The molecule has 1 fully saturated rings. The number of aromatic nitrogens is 1. The largest absolute Gasteiger partial charge is 0.475 e. The van der Waals surface area contributed by atoms with Crippen LogP contribution in [0.1, 0.15) is 34.4 Å². The number of thioether (sulfide) groups is 1. The summed E-state index contributed by atoms with van der Waals surface area (Å²) in [5, 5.41) is 13.5. The van der Waals surface area contributed by atoms with Crippen LogP contribution < -0.4 is 5.32 Å². The summed E-state index contributed by atoms with van der Waals surface area (Å²) in [4.78, 5) is 28.9. The van der Waals surface area contributed by atoms with Gasteiger partial charge in [0, 0.05) is 22.7 Å². The van der Waals surface area contributed by atoms with Crippen molar-refractivity contribution in [1.29, 1.82) is 0 Å². The Labute approximate surface area is 199 Å². The molecular weight excluding hydrogens is 450 g/mol. The Balaban J connectivity index is 1.43. The Hall–Kier alpha value is -4.04. The van der Waals surface area contributed by atoms with Crippen LogP contribution in [-0.2, 0) is 17.8 Å². The number of furan rings is 1. The Morgan fingerprint density at radius 1 is 1.15 bits per heavy atom. The van der Waals surface area contributed by atoms with Gasteiger partial charge in [-0.05, 0) is 60.2 Å². The van der Waals surface area contributed by atoms with Crippen molar-refractivity contribution in [2.24, 2.45) is 4.99 Å². The van der Waals surface area contributed by atoms with Crippen LogP contribution in [0, 0.1) is 0 Å². The third-order valence-electron chi connectivity index (χ3n) is 5.53. The normalized spacial score (nSPS) is 16.0. The lowest BCUT2D eigenvalue weighted by Gasteiger charge is -2.02. The minimum absolute atomic E-state index is 0.0935. The van der Waals surface area contributed by atoms with Gasteiger partial charge in [0.05, 0.1) is 17.1 Å². The molecule has 34 heavy (non-hydrogen) atoms. The van der Waals surface area contributed by atoms with Crippen LogP contribution in [-0.4, -0.2) is 26.7 Å². The van der Waals surface area contributed by atoms with Crippen LogP contribution in [0.3, 0.4) is 0 Å². The van der Waals surface area contributed by atoms with Gasteiger partial charge >= 0.3 is 5.97 Å². The van der Waals surface area contributed by atoms with Crippen LogP contribution in [0.4, 0.5) is 5.69 Å². The van der Waals surface area contributed by atoms with E-state index in [1.165, 1.54) is 23.4 Å². The molecule has 2 N–H and O–H groups in total. The minimum atomic E-state index is -1.10. The third-order valence-corrected chi connectivity index (χ3v) is 6.44. The maximum Gasteiger partial charge on any atom is 0.371 e. The van der Waals surface area contributed by atoms with Crippen LogP contribution in [0.15, 0.2) is 81.2 Å². The number of nitrogens with one attached hydrogen (secondary N) is 1. The minimum Gasteiger partial charge on any atom is -0.475 e. The van der Waals surface area contributed by atoms with Gasteiger partial charge in [0.15, 0.2) is 5.17 Å². The number of rotatable bonds is 6. The van der Waals surface area contributed by atoms with Gasteiger partial charge in [0.2, 0.25) is 5.76 Å². The molecule has 0 spiro atoms. The predicted octanol–water partition coefficient (Wildman–Crippen LogP) is 5.43. The zero-order valence-electron chi connectivity index (χ0n) is 18.3. The number of nitrogens with zero attached hydrogens (tertiary/aromatic N) is 2. The first-order valence-electron chi connectivity index (χ1n) is 10.8. The number of carbonyl (C=O) groups is 2. The number of carboxylic acids is 1. The highest BCUT2D eigenvalue weighted by molar-refractivity contribution is 8.18. The maximum atomic E-state index is 12.6. The van der Waals surface area contributed by atoms with E-state index in [0.29, 0.717) is 22.4 Å². The zero-order valence-corrected chi connectivity index (χ0v) is 19.1. The molecule has 0 radical (unpaired) electrons. The second-order valence-corrected chi connectivity index (χ2v) is 8.83. The molecule has 1 aliphatic rings. The fourth-order valence-electron chi connectivity index (χ4n) is 3.81. The number of carbonyl (C=O) groups excluding carboxylic acids is 1. The summed E-state index contributed by atoms with van der Waals surface area (Å²) in [5.41, 5.74) is 3.86. The molecule has 8 heteroatoms. The summed E-state index contributed by atoms with van der Waals surface area (Å²) >= 11 is 1.30. The molecule has 1 aliphatic heterocycles. The van der Waals surface area contributed by atoms with Gasteiger partial charge in [-0.2, -0.15) is 0 Å². The van der Waals surface area contributed by atoms with Crippen LogP contribution in [0.2, 0.25) is 0 Å². The van der Waals surface area contributed by atoms with E-state index in [9.17, 15) is 9.59 Å². The summed E-state index contributed by atoms with van der Waals surface area (Å²) in [7, 11) is 0. The number of aromatic carboxylic acids is 1. The van der Waals surface area contributed by atoms with Crippen molar-refractivity contribution >= 4 is 51.5 Å². The average Bonchev–Trinajstić information content (AvgIpc) is 3.54. The number of hydrogen-bond acceptors (Lipinski definition) is 5. The number of aryl methyl sites for hydroxylation is 1. The molecule has 5 rings (SSSR count). The molecule has 0 bridgehead atoms. The van der Waals surface area contributed by atoms with Gasteiger partial charge in [-0.1, -0.05) is 37.3 Å². The van der Waals surface area contributed by atoms with Gasteiger partial charge in [0.1, 0.15) is 5.76 Å². The second kappa shape index (κ2) is 9.07. The monoisotopic (exact) mass is 471 g/mol. The molecule has 7 nitrogen and oxygen atoms in total. The number of aliphatic imine (C=N–C) groups is 1. The van der Waals surface area contributed by atoms with E-state index in [-0.39, 0.29) is 11.7 Å². The summed E-state index contributed by atoms with van der Waals surface area (Å²) in [6.45, 7) is 2.47. The Morgan fingerprint density at radius 2 is 1.94 bits per heavy atom. The molecular formula is C26H21N3O4S. The van der Waals surface area contributed by atoms with Gasteiger partial charge < -0.3 is 19.4 Å². The van der Waals surface area contributed by atoms with Crippen LogP contribution in [0.5, 0.6) is 0 Å². The molecule has 1 amide bonds.